The number of carbonyl (C=O) groups excluding carboxylic acids is 2. The summed E-state index contributed by atoms with van der Waals surface area (Å²) in [6.07, 6.45) is 0. The predicted molar refractivity (Wildman–Crippen MR) is 94.3 cm³/mol. The summed E-state index contributed by atoms with van der Waals surface area (Å²) in [5.41, 5.74) is 3.60. The van der Waals surface area contributed by atoms with Crippen molar-refractivity contribution in [2.45, 2.75) is 27.1 Å². The molecular formula is C20H24O4. The number of carbonyl (C=O) groups is 2. The molecule has 24 heavy (non-hydrogen) atoms. The van der Waals surface area contributed by atoms with Crippen molar-refractivity contribution in [1.82, 2.24) is 0 Å². The number of ketones is 2. The fourth-order valence-electron chi connectivity index (χ4n) is 2.05. The fraction of sp³-hybridized carbons (Fsp3) is 0.300. The van der Waals surface area contributed by atoms with Crippen LogP contribution in [-0.2, 0) is 22.7 Å². The second kappa shape index (κ2) is 10.5. The topological polar surface area (TPSA) is 52.6 Å². The number of benzene rings is 2. The third-order valence-electron chi connectivity index (χ3n) is 3.32. The molecule has 2 rings (SSSR count). The van der Waals surface area contributed by atoms with Crippen molar-refractivity contribution < 1.29 is 19.1 Å². The molecule has 2 aromatic rings. The maximum Gasteiger partial charge on any atom is 0.159 e. The van der Waals surface area contributed by atoms with Crippen LogP contribution in [-0.4, -0.2) is 25.8 Å². The number of methoxy groups -OCH3 is 2. The minimum atomic E-state index is 0.0907. The second-order valence-electron chi connectivity index (χ2n) is 5.38. The number of hydrogen-bond acceptors (Lipinski definition) is 4. The molecule has 4 nitrogen and oxygen atoms in total. The van der Waals surface area contributed by atoms with E-state index in [1.54, 1.807) is 28.1 Å². The van der Waals surface area contributed by atoms with E-state index >= 15 is 0 Å². The molecule has 0 heterocycles. The first-order valence-corrected chi connectivity index (χ1v) is 7.65. The van der Waals surface area contributed by atoms with Crippen molar-refractivity contribution in [3.05, 3.63) is 70.8 Å². The van der Waals surface area contributed by atoms with Crippen molar-refractivity contribution >= 4 is 11.6 Å². The van der Waals surface area contributed by atoms with Gasteiger partial charge in [0.2, 0.25) is 0 Å². The summed E-state index contributed by atoms with van der Waals surface area (Å²) in [6, 6.07) is 14.9. The van der Waals surface area contributed by atoms with E-state index < -0.39 is 0 Å². The molecule has 0 aromatic heterocycles. The monoisotopic (exact) mass is 328 g/mol. The van der Waals surface area contributed by atoms with Gasteiger partial charge in [-0.05, 0) is 31.0 Å². The normalized spacial score (nSPS) is 9.83. The molecule has 0 bridgehead atoms. The number of ether oxygens (including phenoxy) is 2. The van der Waals surface area contributed by atoms with Gasteiger partial charge in [-0.25, -0.2) is 0 Å². The Labute approximate surface area is 143 Å². The Hall–Kier alpha value is -2.30. The van der Waals surface area contributed by atoms with Gasteiger partial charge in [-0.3, -0.25) is 9.59 Å². The second-order valence-corrected chi connectivity index (χ2v) is 5.38. The fourth-order valence-corrected chi connectivity index (χ4v) is 2.05. The van der Waals surface area contributed by atoms with Crippen LogP contribution < -0.4 is 0 Å². The summed E-state index contributed by atoms with van der Waals surface area (Å²) in [5, 5.41) is 0. The highest BCUT2D eigenvalue weighted by molar-refractivity contribution is 5.94. The van der Waals surface area contributed by atoms with Crippen molar-refractivity contribution in [1.29, 1.82) is 0 Å². The lowest BCUT2D eigenvalue weighted by molar-refractivity contribution is 0.100. The van der Waals surface area contributed by atoms with Gasteiger partial charge in [0.1, 0.15) is 0 Å². The smallest absolute Gasteiger partial charge is 0.159 e. The van der Waals surface area contributed by atoms with Crippen LogP contribution in [0.4, 0.5) is 0 Å². The molecule has 0 amide bonds. The summed E-state index contributed by atoms with van der Waals surface area (Å²) >= 11 is 0. The maximum absolute atomic E-state index is 11.0. The zero-order valence-electron chi connectivity index (χ0n) is 14.7. The van der Waals surface area contributed by atoms with Crippen LogP contribution in [0.1, 0.15) is 45.7 Å². The molecule has 0 unspecified atom stereocenters. The summed E-state index contributed by atoms with van der Waals surface area (Å²) in [5.74, 6) is 0.187. The van der Waals surface area contributed by atoms with E-state index in [1.165, 1.54) is 0 Å². The van der Waals surface area contributed by atoms with Crippen molar-refractivity contribution in [3.8, 4) is 0 Å². The molecule has 0 saturated heterocycles. The number of Topliss-reactive ketones (excluding diaryl/α,β-unsaturated/α-hetero) is 2. The van der Waals surface area contributed by atoms with Crippen molar-refractivity contribution in [2.75, 3.05) is 14.2 Å². The Bertz CT molecular complexity index is 660. The van der Waals surface area contributed by atoms with Crippen LogP contribution in [0.5, 0.6) is 0 Å². The molecule has 2 aromatic carbocycles. The number of rotatable bonds is 6. The summed E-state index contributed by atoms with van der Waals surface area (Å²) in [4.78, 5) is 21.8. The van der Waals surface area contributed by atoms with Crippen molar-refractivity contribution in [2.24, 2.45) is 0 Å². The van der Waals surface area contributed by atoms with Gasteiger partial charge < -0.3 is 9.47 Å². The quantitative estimate of drug-likeness (QED) is 0.750. The Morgan fingerprint density at radius 1 is 0.750 bits per heavy atom. The molecule has 0 radical (unpaired) electrons. The van der Waals surface area contributed by atoms with E-state index in [-0.39, 0.29) is 11.6 Å². The molecule has 0 aliphatic rings. The third kappa shape index (κ3) is 6.86. The molecule has 128 valence electrons. The van der Waals surface area contributed by atoms with E-state index in [0.29, 0.717) is 13.2 Å². The van der Waals surface area contributed by atoms with Gasteiger partial charge in [0.15, 0.2) is 11.6 Å². The third-order valence-corrected chi connectivity index (χ3v) is 3.32. The summed E-state index contributed by atoms with van der Waals surface area (Å²) in [7, 11) is 3.29. The van der Waals surface area contributed by atoms with Crippen molar-refractivity contribution in [3.63, 3.8) is 0 Å². The number of hydrogen-bond donors (Lipinski definition) is 0. The average Bonchev–Trinajstić information content (AvgIpc) is 2.57. The van der Waals surface area contributed by atoms with Crippen LogP contribution in [0.25, 0.3) is 0 Å². The SMILES string of the molecule is COCc1ccc(C(C)=O)cc1.COCc1cccc(C(C)=O)c1. The first kappa shape index (κ1) is 19.7. The highest BCUT2D eigenvalue weighted by Crippen LogP contribution is 2.07. The van der Waals surface area contributed by atoms with E-state index in [9.17, 15) is 9.59 Å². The van der Waals surface area contributed by atoms with E-state index in [4.69, 9.17) is 9.47 Å². The molecule has 0 fully saturated rings. The van der Waals surface area contributed by atoms with E-state index in [2.05, 4.69) is 0 Å². The Kier molecular flexibility index (Phi) is 8.61. The molecule has 0 saturated carbocycles. The highest BCUT2D eigenvalue weighted by Gasteiger charge is 1.99. The van der Waals surface area contributed by atoms with Crippen LogP contribution in [0.2, 0.25) is 0 Å². The lowest BCUT2D eigenvalue weighted by Crippen LogP contribution is -1.94. The minimum Gasteiger partial charge on any atom is -0.380 e. The van der Waals surface area contributed by atoms with Gasteiger partial charge in [-0.15, -0.1) is 0 Å². The van der Waals surface area contributed by atoms with Gasteiger partial charge in [0.25, 0.3) is 0 Å². The lowest BCUT2D eigenvalue weighted by Gasteiger charge is -2.00. The molecule has 0 aliphatic carbocycles. The first-order chi connectivity index (χ1) is 11.5. The zero-order valence-corrected chi connectivity index (χ0v) is 14.7. The standard InChI is InChI=1S/2C10H12O2/c1-8(11)10-5-3-9(4-6-10)7-12-2;1-8(11)10-5-3-4-9(6-10)7-12-2/h2*3-6H,7H2,1-2H3. The lowest BCUT2D eigenvalue weighted by atomic mass is 10.1. The highest BCUT2D eigenvalue weighted by atomic mass is 16.5. The van der Waals surface area contributed by atoms with Crippen LogP contribution in [0.3, 0.4) is 0 Å². The average molecular weight is 328 g/mol. The Morgan fingerprint density at radius 2 is 1.29 bits per heavy atom. The van der Waals surface area contributed by atoms with Gasteiger partial charge >= 0.3 is 0 Å². The zero-order chi connectivity index (χ0) is 17.9. The Morgan fingerprint density at radius 3 is 1.79 bits per heavy atom. The molecule has 4 heteroatoms. The van der Waals surface area contributed by atoms with Gasteiger partial charge in [-0.2, -0.15) is 0 Å². The predicted octanol–water partition coefficient (Wildman–Crippen LogP) is 4.07. The van der Waals surface area contributed by atoms with Crippen LogP contribution in [0.15, 0.2) is 48.5 Å². The molecule has 0 spiro atoms. The minimum absolute atomic E-state index is 0.0907. The maximum atomic E-state index is 11.0. The molecule has 0 atom stereocenters. The van der Waals surface area contributed by atoms with E-state index in [0.717, 1.165) is 22.3 Å². The largest absolute Gasteiger partial charge is 0.380 e. The molecule has 0 N–H and O–H groups in total. The van der Waals surface area contributed by atoms with E-state index in [1.807, 2.05) is 48.5 Å². The summed E-state index contributed by atoms with van der Waals surface area (Å²) < 4.78 is 9.89. The van der Waals surface area contributed by atoms with Gasteiger partial charge in [0.05, 0.1) is 13.2 Å². The molecule has 0 aliphatic heterocycles. The first-order valence-electron chi connectivity index (χ1n) is 7.65. The van der Waals surface area contributed by atoms with Gasteiger partial charge in [0, 0.05) is 25.3 Å². The van der Waals surface area contributed by atoms with Crippen LogP contribution in [0, 0.1) is 0 Å². The Balaban J connectivity index is 0.000000240. The van der Waals surface area contributed by atoms with Crippen LogP contribution >= 0.6 is 0 Å². The van der Waals surface area contributed by atoms with Gasteiger partial charge in [-0.1, -0.05) is 42.5 Å². The summed E-state index contributed by atoms with van der Waals surface area (Å²) in [6.45, 7) is 4.27. The molecular weight excluding hydrogens is 304 g/mol.